The van der Waals surface area contributed by atoms with Gasteiger partial charge in [0.05, 0.1) is 13.3 Å². The fraction of sp³-hybridized carbons (Fsp3) is 0.471. The van der Waals surface area contributed by atoms with Crippen molar-refractivity contribution in [2.45, 2.75) is 32.4 Å². The Bertz CT molecular complexity index is 593. The molecule has 1 fully saturated rings. The van der Waals surface area contributed by atoms with E-state index in [1.807, 2.05) is 16.9 Å². The minimum absolute atomic E-state index is 0.572. The number of aryl methyl sites for hydroxylation is 1. The lowest BCUT2D eigenvalue weighted by Gasteiger charge is -2.16. The van der Waals surface area contributed by atoms with Crippen molar-refractivity contribution in [3.05, 3.63) is 47.8 Å². The molecular formula is C17H23N3O. The molecule has 0 saturated carbocycles. The van der Waals surface area contributed by atoms with Crippen LogP contribution in [-0.4, -0.2) is 34.9 Å². The van der Waals surface area contributed by atoms with Crippen LogP contribution in [0.4, 0.5) is 0 Å². The van der Waals surface area contributed by atoms with Gasteiger partial charge in [-0.2, -0.15) is 5.10 Å². The Hall–Kier alpha value is -1.81. The molecule has 2 heterocycles. The van der Waals surface area contributed by atoms with E-state index in [-0.39, 0.29) is 0 Å². The minimum atomic E-state index is 0.572. The Morgan fingerprint density at radius 2 is 2.19 bits per heavy atom. The van der Waals surface area contributed by atoms with Gasteiger partial charge in [0.1, 0.15) is 5.75 Å². The first-order valence-corrected chi connectivity index (χ1v) is 7.66. The summed E-state index contributed by atoms with van der Waals surface area (Å²) in [5.41, 5.74) is 2.64. The molecule has 0 radical (unpaired) electrons. The van der Waals surface area contributed by atoms with Crippen LogP contribution in [0, 0.1) is 0 Å². The SMILES string of the molecule is CCn1cc(CN2CC[C@H](c3ccccc3OC)C2)cn1. The lowest BCUT2D eigenvalue weighted by Crippen LogP contribution is -2.19. The monoisotopic (exact) mass is 285 g/mol. The summed E-state index contributed by atoms with van der Waals surface area (Å²) in [6.45, 7) is 6.28. The number of methoxy groups -OCH3 is 1. The van der Waals surface area contributed by atoms with E-state index in [0.717, 1.165) is 31.9 Å². The zero-order chi connectivity index (χ0) is 14.7. The first-order chi connectivity index (χ1) is 10.3. The summed E-state index contributed by atoms with van der Waals surface area (Å²) in [4.78, 5) is 2.51. The average molecular weight is 285 g/mol. The van der Waals surface area contributed by atoms with Gasteiger partial charge in [0.25, 0.3) is 0 Å². The Balaban J connectivity index is 1.65. The molecular weight excluding hydrogens is 262 g/mol. The predicted molar refractivity (Wildman–Crippen MR) is 83.5 cm³/mol. The van der Waals surface area contributed by atoms with Gasteiger partial charge in [0.15, 0.2) is 0 Å². The highest BCUT2D eigenvalue weighted by atomic mass is 16.5. The summed E-state index contributed by atoms with van der Waals surface area (Å²) in [5, 5.41) is 4.35. The predicted octanol–water partition coefficient (Wildman–Crippen LogP) is 2.90. The van der Waals surface area contributed by atoms with Gasteiger partial charge in [0.2, 0.25) is 0 Å². The second kappa shape index (κ2) is 6.31. The van der Waals surface area contributed by atoms with E-state index >= 15 is 0 Å². The second-order valence-corrected chi connectivity index (χ2v) is 5.67. The van der Waals surface area contributed by atoms with Gasteiger partial charge in [-0.1, -0.05) is 18.2 Å². The van der Waals surface area contributed by atoms with Crippen molar-refractivity contribution < 1.29 is 4.74 Å². The molecule has 1 saturated heterocycles. The van der Waals surface area contributed by atoms with Gasteiger partial charge in [0, 0.05) is 37.3 Å². The van der Waals surface area contributed by atoms with Crippen molar-refractivity contribution in [1.82, 2.24) is 14.7 Å². The number of likely N-dealkylation sites (tertiary alicyclic amines) is 1. The maximum Gasteiger partial charge on any atom is 0.122 e. The van der Waals surface area contributed by atoms with Gasteiger partial charge in [-0.05, 0) is 31.5 Å². The smallest absolute Gasteiger partial charge is 0.122 e. The number of ether oxygens (including phenoxy) is 1. The highest BCUT2D eigenvalue weighted by Crippen LogP contribution is 2.33. The third kappa shape index (κ3) is 3.10. The van der Waals surface area contributed by atoms with Crippen LogP contribution in [0.25, 0.3) is 0 Å². The van der Waals surface area contributed by atoms with Gasteiger partial charge in [-0.25, -0.2) is 0 Å². The molecule has 1 aromatic carbocycles. The van der Waals surface area contributed by atoms with Crippen LogP contribution in [0.3, 0.4) is 0 Å². The number of para-hydroxylation sites is 1. The zero-order valence-electron chi connectivity index (χ0n) is 12.8. The Kier molecular flexibility index (Phi) is 4.25. The van der Waals surface area contributed by atoms with E-state index in [9.17, 15) is 0 Å². The number of rotatable bonds is 5. The third-order valence-corrected chi connectivity index (χ3v) is 4.27. The van der Waals surface area contributed by atoms with E-state index in [4.69, 9.17) is 4.74 Å². The number of hydrogen-bond donors (Lipinski definition) is 0. The molecule has 0 spiro atoms. The molecule has 21 heavy (non-hydrogen) atoms. The van der Waals surface area contributed by atoms with Gasteiger partial charge < -0.3 is 4.74 Å². The van der Waals surface area contributed by atoms with Gasteiger partial charge in [-0.15, -0.1) is 0 Å². The van der Waals surface area contributed by atoms with Crippen LogP contribution in [-0.2, 0) is 13.1 Å². The molecule has 2 aromatic rings. The molecule has 4 nitrogen and oxygen atoms in total. The second-order valence-electron chi connectivity index (χ2n) is 5.67. The molecule has 0 N–H and O–H groups in total. The van der Waals surface area contributed by atoms with Crippen molar-refractivity contribution in [2.75, 3.05) is 20.2 Å². The zero-order valence-corrected chi connectivity index (χ0v) is 12.8. The fourth-order valence-corrected chi connectivity index (χ4v) is 3.15. The minimum Gasteiger partial charge on any atom is -0.496 e. The standard InChI is InChI=1S/C17H23N3O/c1-3-20-12-14(10-18-20)11-19-9-8-15(13-19)16-6-4-5-7-17(16)21-2/h4-7,10,12,15H,3,8-9,11,13H2,1-2H3/t15-/m0/s1. The number of aromatic nitrogens is 2. The lowest BCUT2D eigenvalue weighted by atomic mass is 9.97. The Morgan fingerprint density at radius 3 is 2.95 bits per heavy atom. The van der Waals surface area contributed by atoms with Crippen LogP contribution >= 0.6 is 0 Å². The Morgan fingerprint density at radius 1 is 1.33 bits per heavy atom. The van der Waals surface area contributed by atoms with Crippen LogP contribution < -0.4 is 4.74 Å². The summed E-state index contributed by atoms with van der Waals surface area (Å²) >= 11 is 0. The quantitative estimate of drug-likeness (QED) is 0.846. The number of benzene rings is 1. The molecule has 1 aromatic heterocycles. The molecule has 0 amide bonds. The van der Waals surface area contributed by atoms with Crippen molar-refractivity contribution in [3.8, 4) is 5.75 Å². The molecule has 3 rings (SSSR count). The molecule has 4 heteroatoms. The molecule has 1 atom stereocenters. The van der Waals surface area contributed by atoms with Crippen molar-refractivity contribution >= 4 is 0 Å². The summed E-state index contributed by atoms with van der Waals surface area (Å²) in [5.74, 6) is 1.59. The molecule has 112 valence electrons. The molecule has 1 aliphatic heterocycles. The van der Waals surface area contributed by atoms with Crippen LogP contribution in [0.15, 0.2) is 36.7 Å². The van der Waals surface area contributed by atoms with E-state index < -0.39 is 0 Å². The van der Waals surface area contributed by atoms with Crippen molar-refractivity contribution in [1.29, 1.82) is 0 Å². The highest BCUT2D eigenvalue weighted by Gasteiger charge is 2.26. The summed E-state index contributed by atoms with van der Waals surface area (Å²) in [7, 11) is 1.75. The summed E-state index contributed by atoms with van der Waals surface area (Å²) < 4.78 is 7.49. The van der Waals surface area contributed by atoms with E-state index in [0.29, 0.717) is 5.92 Å². The van der Waals surface area contributed by atoms with Gasteiger partial charge in [-0.3, -0.25) is 9.58 Å². The normalized spacial score (nSPS) is 19.0. The average Bonchev–Trinajstić information content (AvgIpc) is 3.17. The van der Waals surface area contributed by atoms with Gasteiger partial charge >= 0.3 is 0 Å². The first-order valence-electron chi connectivity index (χ1n) is 7.66. The Labute approximate surface area is 126 Å². The molecule has 0 unspecified atom stereocenters. The van der Waals surface area contributed by atoms with Crippen molar-refractivity contribution in [3.63, 3.8) is 0 Å². The van der Waals surface area contributed by atoms with E-state index in [2.05, 4.69) is 41.3 Å². The largest absolute Gasteiger partial charge is 0.496 e. The maximum absolute atomic E-state index is 5.50. The fourth-order valence-electron chi connectivity index (χ4n) is 3.15. The highest BCUT2D eigenvalue weighted by molar-refractivity contribution is 5.37. The first kappa shape index (κ1) is 14.1. The molecule has 1 aliphatic rings. The van der Waals surface area contributed by atoms with E-state index in [1.54, 1.807) is 7.11 Å². The van der Waals surface area contributed by atoms with E-state index in [1.165, 1.54) is 17.5 Å². The van der Waals surface area contributed by atoms with Crippen LogP contribution in [0.5, 0.6) is 5.75 Å². The number of hydrogen-bond acceptors (Lipinski definition) is 3. The lowest BCUT2D eigenvalue weighted by molar-refractivity contribution is 0.325. The maximum atomic E-state index is 5.50. The summed E-state index contributed by atoms with van der Waals surface area (Å²) in [6.07, 6.45) is 5.33. The number of nitrogens with zero attached hydrogens (tertiary/aromatic N) is 3. The summed E-state index contributed by atoms with van der Waals surface area (Å²) in [6, 6.07) is 8.39. The van der Waals surface area contributed by atoms with Crippen LogP contribution in [0.2, 0.25) is 0 Å². The van der Waals surface area contributed by atoms with Crippen molar-refractivity contribution in [2.24, 2.45) is 0 Å². The molecule has 0 bridgehead atoms. The topological polar surface area (TPSA) is 30.3 Å². The van der Waals surface area contributed by atoms with Crippen LogP contribution in [0.1, 0.15) is 30.4 Å². The third-order valence-electron chi connectivity index (χ3n) is 4.27. The molecule has 0 aliphatic carbocycles.